The van der Waals surface area contributed by atoms with Gasteiger partial charge in [0.2, 0.25) is 0 Å². The van der Waals surface area contributed by atoms with E-state index in [1.165, 1.54) is 0 Å². The second-order valence-electron chi connectivity index (χ2n) is 4.06. The van der Waals surface area contributed by atoms with Crippen molar-refractivity contribution >= 4 is 17.4 Å². The molecule has 0 aliphatic rings. The lowest BCUT2D eigenvalue weighted by molar-refractivity contribution is -0.116. The second-order valence-corrected chi connectivity index (χ2v) is 4.49. The minimum absolute atomic E-state index is 0.0771. The van der Waals surface area contributed by atoms with Gasteiger partial charge in [-0.05, 0) is 36.7 Å². The zero-order valence-corrected chi connectivity index (χ0v) is 11.1. The van der Waals surface area contributed by atoms with Gasteiger partial charge in [0.25, 0.3) is 0 Å². The molecule has 0 fully saturated rings. The first-order valence-corrected chi connectivity index (χ1v) is 6.10. The minimum atomic E-state index is -0.176. The van der Waals surface area contributed by atoms with Crippen molar-refractivity contribution in [3.8, 4) is 0 Å². The first-order chi connectivity index (χ1) is 8.06. The topological polar surface area (TPSA) is 29.1 Å². The number of likely N-dealkylation sites (N-methyl/N-ethyl adjacent to an activating group) is 1. The van der Waals surface area contributed by atoms with E-state index in [1.807, 2.05) is 31.2 Å². The van der Waals surface area contributed by atoms with Crippen LogP contribution in [0.4, 0.5) is 0 Å². The molecule has 1 unspecified atom stereocenters. The molecular weight excluding hydrogens is 234 g/mol. The first-order valence-electron chi connectivity index (χ1n) is 5.72. The Morgan fingerprint density at radius 3 is 2.47 bits per heavy atom. The van der Waals surface area contributed by atoms with Crippen molar-refractivity contribution in [3.05, 3.63) is 47.0 Å². The van der Waals surface area contributed by atoms with Crippen molar-refractivity contribution in [2.24, 2.45) is 0 Å². The third-order valence-electron chi connectivity index (χ3n) is 2.61. The van der Waals surface area contributed by atoms with E-state index >= 15 is 0 Å². The Hall–Kier alpha value is -1.12. The lowest BCUT2D eigenvalue weighted by atomic mass is 9.91. The molecule has 0 saturated carbocycles. The van der Waals surface area contributed by atoms with Crippen molar-refractivity contribution in [1.29, 1.82) is 0 Å². The van der Waals surface area contributed by atoms with Crippen LogP contribution < -0.4 is 5.32 Å². The normalized spacial score (nSPS) is 12.2. The van der Waals surface area contributed by atoms with Crippen molar-refractivity contribution in [2.45, 2.75) is 19.8 Å². The van der Waals surface area contributed by atoms with Crippen LogP contribution in [0.5, 0.6) is 0 Å². The maximum absolute atomic E-state index is 12.1. The Labute approximate surface area is 108 Å². The van der Waals surface area contributed by atoms with Crippen LogP contribution in [0.1, 0.15) is 25.3 Å². The zero-order valence-electron chi connectivity index (χ0n) is 10.3. The minimum Gasteiger partial charge on any atom is -0.316 e. The van der Waals surface area contributed by atoms with E-state index in [2.05, 4.69) is 11.9 Å². The number of carbonyl (C=O) groups excluding carboxylic acids is 1. The van der Waals surface area contributed by atoms with Gasteiger partial charge in [-0.1, -0.05) is 37.2 Å². The van der Waals surface area contributed by atoms with Crippen LogP contribution in [-0.2, 0) is 4.79 Å². The number of halogens is 1. The van der Waals surface area contributed by atoms with Crippen molar-refractivity contribution < 1.29 is 4.79 Å². The number of allylic oxidation sites excluding steroid dienone is 1. The van der Waals surface area contributed by atoms with Crippen LogP contribution in [0.2, 0.25) is 5.02 Å². The van der Waals surface area contributed by atoms with E-state index in [0.717, 1.165) is 12.1 Å². The molecule has 0 spiro atoms. The highest BCUT2D eigenvalue weighted by molar-refractivity contribution is 6.30. The zero-order chi connectivity index (χ0) is 12.8. The highest BCUT2D eigenvalue weighted by atomic mass is 35.5. The van der Waals surface area contributed by atoms with E-state index < -0.39 is 0 Å². The lowest BCUT2D eigenvalue weighted by Crippen LogP contribution is -2.27. The summed E-state index contributed by atoms with van der Waals surface area (Å²) in [5.74, 6) is -0.0991. The van der Waals surface area contributed by atoms with Crippen molar-refractivity contribution in [3.63, 3.8) is 0 Å². The summed E-state index contributed by atoms with van der Waals surface area (Å²) >= 11 is 5.84. The van der Waals surface area contributed by atoms with Crippen molar-refractivity contribution in [1.82, 2.24) is 5.32 Å². The standard InChI is InChI=1S/C14H18ClNO/c1-4-16-9-13(14(17)10(2)3)11-5-7-12(15)8-6-11/h5-8,13,16H,2,4,9H2,1,3H3. The molecule has 1 aromatic rings. The number of rotatable bonds is 6. The van der Waals surface area contributed by atoms with Crippen LogP contribution in [0.15, 0.2) is 36.4 Å². The number of carbonyl (C=O) groups is 1. The fourth-order valence-corrected chi connectivity index (χ4v) is 1.77. The smallest absolute Gasteiger partial charge is 0.166 e. The summed E-state index contributed by atoms with van der Waals surface area (Å²) in [7, 11) is 0. The molecule has 3 heteroatoms. The van der Waals surface area contributed by atoms with Gasteiger partial charge in [0.05, 0.1) is 5.92 Å². The predicted octanol–water partition coefficient (Wildman–Crippen LogP) is 3.18. The Bertz CT molecular complexity index is 397. The maximum atomic E-state index is 12.1. The predicted molar refractivity (Wildman–Crippen MR) is 72.6 cm³/mol. The third-order valence-corrected chi connectivity index (χ3v) is 2.86. The van der Waals surface area contributed by atoms with Crippen LogP contribution in [0.25, 0.3) is 0 Å². The summed E-state index contributed by atoms with van der Waals surface area (Å²) in [5.41, 5.74) is 1.56. The van der Waals surface area contributed by atoms with Gasteiger partial charge >= 0.3 is 0 Å². The van der Waals surface area contributed by atoms with Crippen LogP contribution >= 0.6 is 11.6 Å². The van der Waals surface area contributed by atoms with Gasteiger partial charge in [-0.2, -0.15) is 0 Å². The average molecular weight is 252 g/mol. The summed E-state index contributed by atoms with van der Waals surface area (Å²) < 4.78 is 0. The molecule has 0 amide bonds. The Morgan fingerprint density at radius 1 is 1.41 bits per heavy atom. The van der Waals surface area contributed by atoms with Crippen LogP contribution in [-0.4, -0.2) is 18.9 Å². The quantitative estimate of drug-likeness (QED) is 0.787. The lowest BCUT2D eigenvalue weighted by Gasteiger charge is -2.16. The number of hydrogen-bond donors (Lipinski definition) is 1. The summed E-state index contributed by atoms with van der Waals surface area (Å²) in [5, 5.41) is 3.88. The van der Waals surface area contributed by atoms with E-state index in [1.54, 1.807) is 6.92 Å². The molecule has 0 heterocycles. The fourth-order valence-electron chi connectivity index (χ4n) is 1.64. The molecule has 0 aliphatic heterocycles. The van der Waals surface area contributed by atoms with Crippen LogP contribution in [0, 0.1) is 0 Å². The van der Waals surface area contributed by atoms with Gasteiger partial charge < -0.3 is 5.32 Å². The Balaban J connectivity index is 2.93. The molecule has 17 heavy (non-hydrogen) atoms. The van der Waals surface area contributed by atoms with Gasteiger partial charge in [-0.25, -0.2) is 0 Å². The molecular formula is C14H18ClNO. The number of nitrogens with one attached hydrogen (secondary N) is 1. The highest BCUT2D eigenvalue weighted by Gasteiger charge is 2.20. The monoisotopic (exact) mass is 251 g/mol. The average Bonchev–Trinajstić information content (AvgIpc) is 2.31. The Kier molecular flexibility index (Phi) is 5.39. The third kappa shape index (κ3) is 3.99. The number of benzene rings is 1. The molecule has 0 aromatic heterocycles. The molecule has 1 rings (SSSR count). The molecule has 0 saturated heterocycles. The molecule has 0 aliphatic carbocycles. The SMILES string of the molecule is C=C(C)C(=O)C(CNCC)c1ccc(Cl)cc1. The fraction of sp³-hybridized carbons (Fsp3) is 0.357. The van der Waals surface area contributed by atoms with Crippen LogP contribution in [0.3, 0.4) is 0 Å². The van der Waals surface area contributed by atoms with Crippen molar-refractivity contribution in [2.75, 3.05) is 13.1 Å². The van der Waals surface area contributed by atoms with Gasteiger partial charge in [0.15, 0.2) is 5.78 Å². The van der Waals surface area contributed by atoms with Gasteiger partial charge in [0.1, 0.15) is 0 Å². The molecule has 2 nitrogen and oxygen atoms in total. The van der Waals surface area contributed by atoms with E-state index in [0.29, 0.717) is 17.1 Å². The maximum Gasteiger partial charge on any atom is 0.166 e. The molecule has 1 atom stereocenters. The molecule has 0 bridgehead atoms. The van der Waals surface area contributed by atoms with Gasteiger partial charge in [-0.3, -0.25) is 4.79 Å². The number of ketones is 1. The van der Waals surface area contributed by atoms with E-state index in [-0.39, 0.29) is 11.7 Å². The molecule has 92 valence electrons. The first kappa shape index (κ1) is 13.9. The Morgan fingerprint density at radius 2 is 2.00 bits per heavy atom. The molecule has 1 aromatic carbocycles. The second kappa shape index (κ2) is 6.58. The summed E-state index contributed by atoms with van der Waals surface area (Å²) in [4.78, 5) is 12.1. The summed E-state index contributed by atoms with van der Waals surface area (Å²) in [6.07, 6.45) is 0. The summed E-state index contributed by atoms with van der Waals surface area (Å²) in [6, 6.07) is 7.40. The van der Waals surface area contributed by atoms with E-state index in [9.17, 15) is 4.79 Å². The number of Topliss-reactive ketones (excluding diaryl/α,β-unsaturated/α-hetero) is 1. The number of hydrogen-bond acceptors (Lipinski definition) is 2. The van der Waals surface area contributed by atoms with Gasteiger partial charge in [-0.15, -0.1) is 0 Å². The molecule has 0 radical (unpaired) electrons. The largest absolute Gasteiger partial charge is 0.316 e. The summed E-state index contributed by atoms with van der Waals surface area (Å²) in [6.45, 7) is 8.96. The van der Waals surface area contributed by atoms with Gasteiger partial charge in [0, 0.05) is 11.6 Å². The molecule has 1 N–H and O–H groups in total. The highest BCUT2D eigenvalue weighted by Crippen LogP contribution is 2.21. The van der Waals surface area contributed by atoms with E-state index in [4.69, 9.17) is 11.6 Å².